The van der Waals surface area contributed by atoms with Gasteiger partial charge in [0, 0.05) is 18.2 Å². The maximum atomic E-state index is 12.3. The van der Waals surface area contributed by atoms with Crippen molar-refractivity contribution >= 4 is 40.3 Å². The summed E-state index contributed by atoms with van der Waals surface area (Å²) in [6.45, 7) is 2.05. The number of hydrogen-bond acceptors (Lipinski definition) is 4. The second-order valence-electron chi connectivity index (χ2n) is 6.62. The molecule has 1 aliphatic heterocycles. The maximum Gasteiger partial charge on any atom is 0.227 e. The monoisotopic (exact) mass is 394 g/mol. The van der Waals surface area contributed by atoms with Crippen LogP contribution in [0, 0.1) is 18.3 Å². The SMILES string of the molecule is COc1cc2c(cc1NC(=S)Nc1ccc(C)cc1)CCCC(=O)N2CC#N. The minimum absolute atomic E-state index is 0.0230. The van der Waals surface area contributed by atoms with Crippen molar-refractivity contribution in [1.29, 1.82) is 5.26 Å². The number of nitriles is 1. The number of nitrogens with zero attached hydrogens (tertiary/aromatic N) is 2. The Morgan fingerprint density at radius 2 is 2.00 bits per heavy atom. The molecule has 2 N–H and O–H groups in total. The molecule has 7 heteroatoms. The molecule has 0 atom stereocenters. The second kappa shape index (κ2) is 8.72. The van der Waals surface area contributed by atoms with Crippen LogP contribution in [0.15, 0.2) is 36.4 Å². The lowest BCUT2D eigenvalue weighted by molar-refractivity contribution is -0.118. The molecule has 0 radical (unpaired) electrons. The number of carbonyl (C=O) groups excluding carboxylic acids is 1. The van der Waals surface area contributed by atoms with Gasteiger partial charge in [0.1, 0.15) is 12.3 Å². The van der Waals surface area contributed by atoms with E-state index in [1.165, 1.54) is 10.5 Å². The van der Waals surface area contributed by atoms with Crippen LogP contribution in [0.5, 0.6) is 5.75 Å². The molecule has 3 rings (SSSR count). The molecule has 1 amide bonds. The first-order chi connectivity index (χ1) is 13.5. The molecule has 2 aromatic rings. The van der Waals surface area contributed by atoms with Gasteiger partial charge in [-0.2, -0.15) is 5.26 Å². The highest BCUT2D eigenvalue weighted by atomic mass is 32.1. The molecule has 0 spiro atoms. The minimum atomic E-state index is -0.0420. The van der Waals surface area contributed by atoms with Gasteiger partial charge in [0.25, 0.3) is 0 Å². The largest absolute Gasteiger partial charge is 0.494 e. The van der Waals surface area contributed by atoms with Crippen molar-refractivity contribution in [3.63, 3.8) is 0 Å². The smallest absolute Gasteiger partial charge is 0.227 e. The van der Waals surface area contributed by atoms with E-state index in [0.717, 1.165) is 35.5 Å². The van der Waals surface area contributed by atoms with E-state index in [2.05, 4.69) is 16.7 Å². The molecule has 1 aliphatic rings. The van der Waals surface area contributed by atoms with Crippen LogP contribution >= 0.6 is 12.2 Å². The third-order valence-electron chi connectivity index (χ3n) is 4.62. The molecule has 1 heterocycles. The average molecular weight is 395 g/mol. The lowest BCUT2D eigenvalue weighted by Gasteiger charge is -2.22. The molecular formula is C21H22N4O2S. The van der Waals surface area contributed by atoms with E-state index >= 15 is 0 Å². The highest BCUT2D eigenvalue weighted by Gasteiger charge is 2.24. The number of amides is 1. The first-order valence-corrected chi connectivity index (χ1v) is 9.45. The third-order valence-corrected chi connectivity index (χ3v) is 4.82. The van der Waals surface area contributed by atoms with Crippen LogP contribution in [-0.4, -0.2) is 24.7 Å². The van der Waals surface area contributed by atoms with Crippen LogP contribution in [0.2, 0.25) is 0 Å². The number of nitrogens with one attached hydrogen (secondary N) is 2. The molecule has 6 nitrogen and oxygen atoms in total. The van der Waals surface area contributed by atoms with Crippen LogP contribution < -0.4 is 20.3 Å². The van der Waals surface area contributed by atoms with Crippen molar-refractivity contribution in [2.75, 3.05) is 29.2 Å². The van der Waals surface area contributed by atoms with Gasteiger partial charge in [-0.05, 0) is 55.7 Å². The second-order valence-corrected chi connectivity index (χ2v) is 7.03. The summed E-state index contributed by atoms with van der Waals surface area (Å²) in [6.07, 6.45) is 1.92. The van der Waals surface area contributed by atoms with Gasteiger partial charge in [0.15, 0.2) is 5.11 Å². The van der Waals surface area contributed by atoms with E-state index in [-0.39, 0.29) is 12.5 Å². The molecule has 0 unspecified atom stereocenters. The van der Waals surface area contributed by atoms with Crippen LogP contribution in [0.1, 0.15) is 24.0 Å². The van der Waals surface area contributed by atoms with Gasteiger partial charge in [-0.1, -0.05) is 17.7 Å². The van der Waals surface area contributed by atoms with E-state index < -0.39 is 0 Å². The fourth-order valence-electron chi connectivity index (χ4n) is 3.20. The predicted molar refractivity (Wildman–Crippen MR) is 115 cm³/mol. The van der Waals surface area contributed by atoms with Gasteiger partial charge in [0.2, 0.25) is 5.91 Å². The van der Waals surface area contributed by atoms with Crippen LogP contribution in [0.25, 0.3) is 0 Å². The van der Waals surface area contributed by atoms with Gasteiger partial charge >= 0.3 is 0 Å². The summed E-state index contributed by atoms with van der Waals surface area (Å²) >= 11 is 5.44. The van der Waals surface area contributed by atoms with E-state index in [1.54, 1.807) is 13.2 Å². The number of fused-ring (bicyclic) bond motifs is 1. The Balaban J connectivity index is 1.86. The van der Waals surface area contributed by atoms with Gasteiger partial charge < -0.3 is 15.4 Å². The van der Waals surface area contributed by atoms with Crippen molar-refractivity contribution in [3.8, 4) is 11.8 Å². The zero-order valence-corrected chi connectivity index (χ0v) is 16.7. The summed E-state index contributed by atoms with van der Waals surface area (Å²) in [5, 5.41) is 15.9. The molecule has 0 saturated carbocycles. The van der Waals surface area contributed by atoms with Gasteiger partial charge in [-0.15, -0.1) is 0 Å². The Labute approximate surface area is 170 Å². The predicted octanol–water partition coefficient (Wildman–Crippen LogP) is 4.01. The van der Waals surface area contributed by atoms with Gasteiger partial charge in [-0.3, -0.25) is 9.69 Å². The number of anilines is 3. The summed E-state index contributed by atoms with van der Waals surface area (Å²) in [5.41, 5.74) is 4.50. The zero-order valence-electron chi connectivity index (χ0n) is 15.9. The van der Waals surface area contributed by atoms with E-state index in [4.69, 9.17) is 22.2 Å². The number of hydrogen-bond donors (Lipinski definition) is 2. The van der Waals surface area contributed by atoms with Crippen molar-refractivity contribution in [2.24, 2.45) is 0 Å². The summed E-state index contributed by atoms with van der Waals surface area (Å²) in [4.78, 5) is 13.9. The quantitative estimate of drug-likeness (QED) is 0.603. The first kappa shape index (κ1) is 19.6. The number of benzene rings is 2. The van der Waals surface area contributed by atoms with E-state index in [9.17, 15) is 4.79 Å². The Bertz CT molecular complexity index is 935. The summed E-state index contributed by atoms with van der Waals surface area (Å²) in [6, 6.07) is 13.8. The number of rotatable bonds is 4. The maximum absolute atomic E-state index is 12.3. The lowest BCUT2D eigenvalue weighted by Crippen LogP contribution is -2.30. The molecule has 28 heavy (non-hydrogen) atoms. The van der Waals surface area contributed by atoms with Crippen LogP contribution in [0.4, 0.5) is 17.1 Å². The lowest BCUT2D eigenvalue weighted by atomic mass is 10.1. The Morgan fingerprint density at radius 3 is 2.68 bits per heavy atom. The fraction of sp³-hybridized carbons (Fsp3) is 0.286. The summed E-state index contributed by atoms with van der Waals surface area (Å²) < 4.78 is 5.51. The standard InChI is InChI=1S/C21H22N4O2S/c1-14-6-8-16(9-7-14)23-21(28)24-17-12-15-4-3-5-20(26)25(11-10-22)18(15)13-19(17)27-2/h6-9,12-13H,3-5,11H2,1-2H3,(H2,23,24,28). The van der Waals surface area contributed by atoms with Crippen LogP contribution in [-0.2, 0) is 11.2 Å². The topological polar surface area (TPSA) is 77.4 Å². The van der Waals surface area contributed by atoms with E-state index in [0.29, 0.717) is 17.3 Å². The molecule has 0 aliphatic carbocycles. The van der Waals surface area contributed by atoms with Crippen molar-refractivity contribution < 1.29 is 9.53 Å². The number of thiocarbonyl (C=S) groups is 1. The van der Waals surface area contributed by atoms with E-state index in [1.807, 2.05) is 37.3 Å². The van der Waals surface area contributed by atoms with Crippen molar-refractivity contribution in [1.82, 2.24) is 0 Å². The molecule has 0 saturated heterocycles. The number of ether oxygens (including phenoxy) is 1. The average Bonchev–Trinajstić information content (AvgIpc) is 2.82. The zero-order chi connectivity index (χ0) is 20.1. The Hall–Kier alpha value is -3.11. The first-order valence-electron chi connectivity index (χ1n) is 9.04. The van der Waals surface area contributed by atoms with Crippen molar-refractivity contribution in [3.05, 3.63) is 47.5 Å². The Kier molecular flexibility index (Phi) is 6.12. The van der Waals surface area contributed by atoms with Gasteiger partial charge in [0.05, 0.1) is 24.6 Å². The normalized spacial score (nSPS) is 13.2. The molecule has 0 fully saturated rings. The third kappa shape index (κ3) is 4.41. The molecule has 2 aromatic carbocycles. The fourth-order valence-corrected chi connectivity index (χ4v) is 3.42. The summed E-state index contributed by atoms with van der Waals surface area (Å²) in [5.74, 6) is 0.518. The molecular weight excluding hydrogens is 372 g/mol. The number of methoxy groups -OCH3 is 1. The van der Waals surface area contributed by atoms with Crippen molar-refractivity contribution in [2.45, 2.75) is 26.2 Å². The molecule has 0 aromatic heterocycles. The summed E-state index contributed by atoms with van der Waals surface area (Å²) in [7, 11) is 1.57. The highest BCUT2D eigenvalue weighted by Crippen LogP contribution is 2.36. The molecule has 144 valence electrons. The molecule has 0 bridgehead atoms. The minimum Gasteiger partial charge on any atom is -0.494 e. The van der Waals surface area contributed by atoms with Crippen LogP contribution in [0.3, 0.4) is 0 Å². The highest BCUT2D eigenvalue weighted by molar-refractivity contribution is 7.80. The number of aryl methyl sites for hydroxylation is 2. The van der Waals surface area contributed by atoms with Gasteiger partial charge in [-0.25, -0.2) is 0 Å². The Morgan fingerprint density at radius 1 is 1.25 bits per heavy atom. The number of carbonyl (C=O) groups is 1.